The van der Waals surface area contributed by atoms with Gasteiger partial charge >= 0.3 is 0 Å². The Morgan fingerprint density at radius 1 is 1.24 bits per heavy atom. The van der Waals surface area contributed by atoms with E-state index in [0.29, 0.717) is 42.8 Å². The van der Waals surface area contributed by atoms with Crippen LogP contribution in [0.25, 0.3) is 0 Å². The van der Waals surface area contributed by atoms with Crippen molar-refractivity contribution >= 4 is 37.6 Å². The molecule has 2 heterocycles. The summed E-state index contributed by atoms with van der Waals surface area (Å²) in [5.41, 5.74) is 1.92. The average molecular weight is 448 g/mol. The first-order valence-corrected chi connectivity index (χ1v) is 10.6. The minimum atomic E-state index is -3.46. The number of nitrogens with zero attached hydrogens (tertiary/aromatic N) is 4. The van der Waals surface area contributed by atoms with E-state index in [4.69, 9.17) is 11.6 Å². The first-order chi connectivity index (χ1) is 11.8. The Kier molecular flexibility index (Phi) is 5.55. The molecule has 0 amide bonds. The van der Waals surface area contributed by atoms with Crippen LogP contribution in [0.4, 0.5) is 0 Å². The van der Waals surface area contributed by atoms with Gasteiger partial charge < -0.3 is 0 Å². The van der Waals surface area contributed by atoms with Gasteiger partial charge in [-0.1, -0.05) is 33.6 Å². The van der Waals surface area contributed by atoms with Gasteiger partial charge in [0.2, 0.25) is 10.0 Å². The smallest absolute Gasteiger partial charge is 0.243 e. The maximum Gasteiger partial charge on any atom is 0.243 e. The highest BCUT2D eigenvalue weighted by Gasteiger charge is 2.29. The van der Waals surface area contributed by atoms with Crippen LogP contribution < -0.4 is 0 Å². The molecular weight excluding hydrogens is 428 g/mol. The van der Waals surface area contributed by atoms with Gasteiger partial charge in [-0.15, -0.1) is 0 Å². The molecule has 1 saturated heterocycles. The molecule has 0 bridgehead atoms. The van der Waals surface area contributed by atoms with Crippen LogP contribution in [0.2, 0.25) is 5.15 Å². The molecule has 0 radical (unpaired) electrons. The van der Waals surface area contributed by atoms with E-state index in [-0.39, 0.29) is 0 Å². The van der Waals surface area contributed by atoms with Crippen LogP contribution in [0, 0.1) is 6.92 Å². The largest absolute Gasteiger partial charge is 0.296 e. The summed E-state index contributed by atoms with van der Waals surface area (Å²) in [6.07, 6.45) is 0. The zero-order chi connectivity index (χ0) is 18.2. The van der Waals surface area contributed by atoms with E-state index in [1.54, 1.807) is 27.2 Å². The quantitative estimate of drug-likeness (QED) is 0.723. The van der Waals surface area contributed by atoms with Crippen molar-refractivity contribution < 1.29 is 8.42 Å². The molecule has 3 rings (SSSR count). The molecular formula is C16H20BrClN4O2S. The molecule has 0 atom stereocenters. The molecule has 136 valence electrons. The highest BCUT2D eigenvalue weighted by molar-refractivity contribution is 9.10. The summed E-state index contributed by atoms with van der Waals surface area (Å²) in [6, 6.07) is 6.82. The molecule has 1 aromatic carbocycles. The number of sulfonamides is 1. The van der Waals surface area contributed by atoms with Gasteiger partial charge in [-0.05, 0) is 25.1 Å². The Morgan fingerprint density at radius 3 is 2.48 bits per heavy atom. The van der Waals surface area contributed by atoms with Crippen LogP contribution in [0.15, 0.2) is 33.6 Å². The van der Waals surface area contributed by atoms with Gasteiger partial charge in [0.25, 0.3) is 0 Å². The number of hydrogen-bond acceptors (Lipinski definition) is 4. The highest BCUT2D eigenvalue weighted by atomic mass is 79.9. The fourth-order valence-corrected chi connectivity index (χ4v) is 5.24. The monoisotopic (exact) mass is 446 g/mol. The molecule has 0 spiro atoms. The normalized spacial score (nSPS) is 17.1. The summed E-state index contributed by atoms with van der Waals surface area (Å²) < 4.78 is 29.5. The zero-order valence-electron chi connectivity index (χ0n) is 14.1. The van der Waals surface area contributed by atoms with E-state index in [1.165, 1.54) is 0 Å². The number of halogens is 2. The number of rotatable bonds is 4. The third kappa shape index (κ3) is 3.93. The maximum absolute atomic E-state index is 12.8. The molecule has 9 heteroatoms. The molecule has 1 aliphatic heterocycles. The molecule has 1 aliphatic rings. The lowest BCUT2D eigenvalue weighted by Gasteiger charge is -2.34. The molecule has 1 fully saturated rings. The fourth-order valence-electron chi connectivity index (χ4n) is 2.98. The SMILES string of the molecule is Cc1nn(C)c(Cl)c1CN1CCN(S(=O)(=O)c2cccc(Br)c2)CC1. The van der Waals surface area contributed by atoms with Crippen molar-refractivity contribution in [2.24, 2.45) is 7.05 Å². The van der Waals surface area contributed by atoms with Crippen LogP contribution in [0.5, 0.6) is 0 Å². The van der Waals surface area contributed by atoms with Crippen molar-refractivity contribution in [2.45, 2.75) is 18.4 Å². The summed E-state index contributed by atoms with van der Waals surface area (Å²) in [6.45, 7) is 4.88. The van der Waals surface area contributed by atoms with Crippen LogP contribution in [0.3, 0.4) is 0 Å². The predicted molar refractivity (Wildman–Crippen MR) is 101 cm³/mol. The number of piperazine rings is 1. The Bertz CT molecular complexity index is 876. The van der Waals surface area contributed by atoms with Crippen molar-refractivity contribution in [2.75, 3.05) is 26.2 Å². The van der Waals surface area contributed by atoms with Crippen molar-refractivity contribution in [3.8, 4) is 0 Å². The van der Waals surface area contributed by atoms with E-state index in [0.717, 1.165) is 15.7 Å². The third-order valence-corrected chi connectivity index (χ3v) is 7.28. The van der Waals surface area contributed by atoms with E-state index in [1.807, 2.05) is 20.0 Å². The van der Waals surface area contributed by atoms with Gasteiger partial charge in [0.1, 0.15) is 5.15 Å². The third-order valence-electron chi connectivity index (χ3n) is 4.42. The Labute approximate surface area is 161 Å². The van der Waals surface area contributed by atoms with Crippen LogP contribution in [-0.4, -0.2) is 53.6 Å². The molecule has 0 aliphatic carbocycles. The molecule has 25 heavy (non-hydrogen) atoms. The molecule has 0 N–H and O–H groups in total. The number of aromatic nitrogens is 2. The van der Waals surface area contributed by atoms with E-state index in [9.17, 15) is 8.42 Å². The first-order valence-electron chi connectivity index (χ1n) is 7.95. The van der Waals surface area contributed by atoms with Crippen LogP contribution >= 0.6 is 27.5 Å². The van der Waals surface area contributed by atoms with E-state index < -0.39 is 10.0 Å². The second-order valence-corrected chi connectivity index (χ2v) is 9.33. The molecule has 0 unspecified atom stereocenters. The van der Waals surface area contributed by atoms with E-state index in [2.05, 4.69) is 25.9 Å². The van der Waals surface area contributed by atoms with E-state index >= 15 is 0 Å². The summed E-state index contributed by atoms with van der Waals surface area (Å²) in [5.74, 6) is 0. The van der Waals surface area contributed by atoms with Crippen molar-refractivity contribution in [3.05, 3.63) is 45.1 Å². The standard InChI is InChI=1S/C16H20BrClN4O2S/c1-12-15(16(18)20(2)19-12)11-21-6-8-22(9-7-21)25(23,24)14-5-3-4-13(17)10-14/h3-5,10H,6-9,11H2,1-2H3. The maximum atomic E-state index is 12.8. The predicted octanol–water partition coefficient (Wildman–Crippen LogP) is 2.65. The zero-order valence-corrected chi connectivity index (χ0v) is 17.3. The summed E-state index contributed by atoms with van der Waals surface area (Å²) in [7, 11) is -1.64. The second kappa shape index (κ2) is 7.36. The molecule has 6 nitrogen and oxygen atoms in total. The molecule has 1 aromatic heterocycles. The van der Waals surface area contributed by atoms with Crippen molar-refractivity contribution in [3.63, 3.8) is 0 Å². The summed E-state index contributed by atoms with van der Waals surface area (Å²) in [4.78, 5) is 2.53. The topological polar surface area (TPSA) is 58.4 Å². The van der Waals surface area contributed by atoms with Gasteiger partial charge in [0, 0.05) is 49.8 Å². The summed E-state index contributed by atoms with van der Waals surface area (Å²) >= 11 is 9.62. The van der Waals surface area contributed by atoms with Gasteiger partial charge in [-0.3, -0.25) is 9.58 Å². The fraction of sp³-hybridized carbons (Fsp3) is 0.438. The lowest BCUT2D eigenvalue weighted by molar-refractivity contribution is 0.181. The number of benzene rings is 1. The second-order valence-electron chi connectivity index (χ2n) is 6.12. The summed E-state index contributed by atoms with van der Waals surface area (Å²) in [5, 5.41) is 4.97. The first kappa shape index (κ1) is 18.8. The van der Waals surface area contributed by atoms with Crippen molar-refractivity contribution in [1.82, 2.24) is 19.0 Å². The Morgan fingerprint density at radius 2 is 1.92 bits per heavy atom. The average Bonchev–Trinajstić information content (AvgIpc) is 2.82. The highest BCUT2D eigenvalue weighted by Crippen LogP contribution is 2.24. The van der Waals surface area contributed by atoms with Gasteiger partial charge in [0.15, 0.2) is 0 Å². The minimum absolute atomic E-state index is 0.321. The Hall–Kier alpha value is -0.930. The van der Waals surface area contributed by atoms with Gasteiger partial charge in [-0.2, -0.15) is 9.40 Å². The number of aryl methyl sites for hydroxylation is 2. The Balaban J connectivity index is 1.67. The van der Waals surface area contributed by atoms with Crippen LogP contribution in [-0.2, 0) is 23.6 Å². The lowest BCUT2D eigenvalue weighted by atomic mass is 10.2. The molecule has 2 aromatic rings. The molecule has 0 saturated carbocycles. The number of hydrogen-bond donors (Lipinski definition) is 0. The van der Waals surface area contributed by atoms with Crippen molar-refractivity contribution in [1.29, 1.82) is 0 Å². The lowest BCUT2D eigenvalue weighted by Crippen LogP contribution is -2.48. The van der Waals surface area contributed by atoms with Crippen LogP contribution in [0.1, 0.15) is 11.3 Å². The van der Waals surface area contributed by atoms with Gasteiger partial charge in [0.05, 0.1) is 10.6 Å². The minimum Gasteiger partial charge on any atom is -0.296 e. The van der Waals surface area contributed by atoms with Gasteiger partial charge in [-0.25, -0.2) is 8.42 Å².